The summed E-state index contributed by atoms with van der Waals surface area (Å²) < 4.78 is 0. The molecule has 0 aliphatic carbocycles. The second kappa shape index (κ2) is 7.48. The van der Waals surface area contributed by atoms with Crippen LogP contribution in [0.4, 0.5) is 11.9 Å². The van der Waals surface area contributed by atoms with Crippen molar-refractivity contribution in [2.24, 2.45) is 5.92 Å². The van der Waals surface area contributed by atoms with E-state index >= 15 is 0 Å². The molecule has 0 amide bonds. The van der Waals surface area contributed by atoms with E-state index in [2.05, 4.69) is 54.9 Å². The van der Waals surface area contributed by atoms with Crippen LogP contribution in [0, 0.1) is 5.92 Å². The molecule has 0 aromatic carbocycles. The van der Waals surface area contributed by atoms with Gasteiger partial charge < -0.3 is 10.2 Å². The highest BCUT2D eigenvalue weighted by Gasteiger charge is 2.12. The first-order valence-electron chi connectivity index (χ1n) is 6.89. The summed E-state index contributed by atoms with van der Waals surface area (Å²) in [6.45, 7) is 12.3. The van der Waals surface area contributed by atoms with E-state index in [4.69, 9.17) is 11.6 Å². The number of nitrogens with one attached hydrogen (secondary N) is 1. The van der Waals surface area contributed by atoms with Crippen molar-refractivity contribution in [3.63, 3.8) is 0 Å². The third-order valence-corrected chi connectivity index (χ3v) is 3.01. The van der Waals surface area contributed by atoms with E-state index in [1.54, 1.807) is 0 Å². The minimum atomic E-state index is 0.233. The Bertz CT molecular complexity index is 393. The van der Waals surface area contributed by atoms with Crippen LogP contribution in [0.3, 0.4) is 0 Å². The van der Waals surface area contributed by atoms with Gasteiger partial charge in [-0.25, -0.2) is 0 Å². The van der Waals surface area contributed by atoms with E-state index in [0.717, 1.165) is 19.5 Å². The van der Waals surface area contributed by atoms with Gasteiger partial charge in [0.15, 0.2) is 0 Å². The van der Waals surface area contributed by atoms with Gasteiger partial charge in [0.2, 0.25) is 17.2 Å². The molecule has 108 valence electrons. The van der Waals surface area contributed by atoms with E-state index in [0.29, 0.717) is 23.9 Å². The van der Waals surface area contributed by atoms with Gasteiger partial charge in [0.1, 0.15) is 0 Å². The summed E-state index contributed by atoms with van der Waals surface area (Å²) in [7, 11) is 0. The average Bonchev–Trinajstić information content (AvgIpc) is 2.28. The van der Waals surface area contributed by atoms with Gasteiger partial charge in [-0.05, 0) is 44.7 Å². The Morgan fingerprint density at radius 2 is 1.74 bits per heavy atom. The van der Waals surface area contributed by atoms with Crippen molar-refractivity contribution in [3.8, 4) is 0 Å². The van der Waals surface area contributed by atoms with Gasteiger partial charge in [-0.2, -0.15) is 15.0 Å². The molecule has 1 heterocycles. The van der Waals surface area contributed by atoms with Crippen LogP contribution in [-0.4, -0.2) is 34.1 Å². The molecule has 1 N–H and O–H groups in total. The van der Waals surface area contributed by atoms with Gasteiger partial charge in [0, 0.05) is 19.1 Å². The summed E-state index contributed by atoms with van der Waals surface area (Å²) in [6, 6.07) is 0.308. The number of aromatic nitrogens is 3. The lowest BCUT2D eigenvalue weighted by Gasteiger charge is -2.20. The molecule has 19 heavy (non-hydrogen) atoms. The van der Waals surface area contributed by atoms with Crippen molar-refractivity contribution in [1.82, 2.24) is 15.0 Å². The normalized spacial score (nSPS) is 12.6. The van der Waals surface area contributed by atoms with Crippen LogP contribution in [0.25, 0.3) is 0 Å². The largest absolute Gasteiger partial charge is 0.352 e. The molecule has 0 saturated heterocycles. The minimum Gasteiger partial charge on any atom is -0.352 e. The number of nitrogens with zero attached hydrogens (tertiary/aromatic N) is 4. The third kappa shape index (κ3) is 5.19. The summed E-state index contributed by atoms with van der Waals surface area (Å²) in [5.74, 6) is 1.81. The van der Waals surface area contributed by atoms with E-state index in [1.807, 2.05) is 4.90 Å². The van der Waals surface area contributed by atoms with E-state index in [-0.39, 0.29) is 5.28 Å². The average molecular weight is 286 g/mol. The lowest BCUT2D eigenvalue weighted by Crippen LogP contribution is -2.26. The van der Waals surface area contributed by atoms with Crippen LogP contribution >= 0.6 is 11.6 Å². The van der Waals surface area contributed by atoms with Crippen LogP contribution in [0.15, 0.2) is 0 Å². The Balaban J connectivity index is 2.84. The second-order valence-corrected chi connectivity index (χ2v) is 5.41. The maximum atomic E-state index is 5.97. The van der Waals surface area contributed by atoms with Crippen LogP contribution < -0.4 is 10.2 Å². The molecule has 1 aromatic rings. The highest BCUT2D eigenvalue weighted by atomic mass is 35.5. The Hall–Kier alpha value is -1.10. The maximum Gasteiger partial charge on any atom is 0.231 e. The Kier molecular flexibility index (Phi) is 6.28. The summed E-state index contributed by atoms with van der Waals surface area (Å²) in [4.78, 5) is 14.8. The fourth-order valence-electron chi connectivity index (χ4n) is 2.04. The van der Waals surface area contributed by atoms with Crippen LogP contribution in [0.2, 0.25) is 5.28 Å². The molecule has 0 fully saturated rings. The van der Waals surface area contributed by atoms with Gasteiger partial charge in [-0.1, -0.05) is 13.8 Å². The summed E-state index contributed by atoms with van der Waals surface area (Å²) >= 11 is 5.97. The lowest BCUT2D eigenvalue weighted by molar-refractivity contribution is 0.537. The zero-order valence-electron chi connectivity index (χ0n) is 12.4. The number of anilines is 2. The molecule has 0 bridgehead atoms. The topological polar surface area (TPSA) is 53.9 Å². The highest BCUT2D eigenvalue weighted by molar-refractivity contribution is 6.28. The van der Waals surface area contributed by atoms with Crippen molar-refractivity contribution >= 4 is 23.5 Å². The number of rotatable bonds is 7. The summed E-state index contributed by atoms with van der Waals surface area (Å²) in [5.41, 5.74) is 0. The molecule has 0 radical (unpaired) electrons. The molecule has 6 heteroatoms. The van der Waals surface area contributed by atoms with Crippen LogP contribution in [0.1, 0.15) is 41.0 Å². The number of hydrogen-bond acceptors (Lipinski definition) is 5. The zero-order valence-corrected chi connectivity index (χ0v) is 13.2. The van der Waals surface area contributed by atoms with Gasteiger partial charge >= 0.3 is 0 Å². The Labute approximate surface area is 120 Å². The Morgan fingerprint density at radius 3 is 2.26 bits per heavy atom. The maximum absolute atomic E-state index is 5.97. The van der Waals surface area contributed by atoms with E-state index < -0.39 is 0 Å². The smallest absolute Gasteiger partial charge is 0.231 e. The van der Waals surface area contributed by atoms with Crippen molar-refractivity contribution in [3.05, 3.63) is 5.28 Å². The molecule has 1 aromatic heterocycles. The molecule has 0 aliphatic heterocycles. The van der Waals surface area contributed by atoms with Gasteiger partial charge in [0.05, 0.1) is 0 Å². The fourth-order valence-corrected chi connectivity index (χ4v) is 2.19. The SMILES string of the molecule is CCN(CC)c1nc(Cl)nc(NC(C)CC(C)C)n1. The first-order valence-corrected chi connectivity index (χ1v) is 7.27. The van der Waals surface area contributed by atoms with Gasteiger partial charge in [-0.15, -0.1) is 0 Å². The monoisotopic (exact) mass is 285 g/mol. The summed E-state index contributed by atoms with van der Waals surface area (Å²) in [6.07, 6.45) is 1.06. The second-order valence-electron chi connectivity index (χ2n) is 5.08. The van der Waals surface area contributed by atoms with Gasteiger partial charge in [0.25, 0.3) is 0 Å². The zero-order chi connectivity index (χ0) is 14.4. The van der Waals surface area contributed by atoms with Crippen molar-refractivity contribution in [2.75, 3.05) is 23.3 Å². The van der Waals surface area contributed by atoms with Crippen molar-refractivity contribution in [2.45, 2.75) is 47.1 Å². The summed E-state index contributed by atoms with van der Waals surface area (Å²) in [5, 5.41) is 3.52. The molecule has 1 unspecified atom stereocenters. The molecule has 0 saturated carbocycles. The van der Waals surface area contributed by atoms with E-state index in [9.17, 15) is 0 Å². The molecular formula is C13H24ClN5. The fraction of sp³-hybridized carbons (Fsp3) is 0.769. The van der Waals surface area contributed by atoms with Crippen molar-refractivity contribution < 1.29 is 0 Å². The quantitative estimate of drug-likeness (QED) is 0.834. The highest BCUT2D eigenvalue weighted by Crippen LogP contribution is 2.15. The number of halogens is 1. The predicted molar refractivity (Wildman–Crippen MR) is 80.9 cm³/mol. The predicted octanol–water partition coefficient (Wildman–Crippen LogP) is 3.22. The standard InChI is InChI=1S/C13H24ClN5/c1-6-19(7-2)13-17-11(14)16-12(18-13)15-10(5)8-9(3)4/h9-10H,6-8H2,1-5H3,(H,15,16,17,18). The molecule has 0 spiro atoms. The molecular weight excluding hydrogens is 262 g/mol. The molecule has 1 atom stereocenters. The molecule has 0 aliphatic rings. The molecule has 1 rings (SSSR count). The van der Waals surface area contributed by atoms with Crippen LogP contribution in [-0.2, 0) is 0 Å². The first-order chi connectivity index (χ1) is 8.96. The van der Waals surface area contributed by atoms with Crippen molar-refractivity contribution in [1.29, 1.82) is 0 Å². The third-order valence-electron chi connectivity index (χ3n) is 2.84. The Morgan fingerprint density at radius 1 is 1.11 bits per heavy atom. The minimum absolute atomic E-state index is 0.233. The van der Waals surface area contributed by atoms with Crippen LogP contribution in [0.5, 0.6) is 0 Å². The number of hydrogen-bond donors (Lipinski definition) is 1. The lowest BCUT2D eigenvalue weighted by atomic mass is 10.1. The van der Waals surface area contributed by atoms with Gasteiger partial charge in [-0.3, -0.25) is 0 Å². The molecule has 5 nitrogen and oxygen atoms in total. The first kappa shape index (κ1) is 16.0. The van der Waals surface area contributed by atoms with E-state index in [1.165, 1.54) is 0 Å².